The lowest BCUT2D eigenvalue weighted by molar-refractivity contribution is -0.137. The molecular formula is C21H16ClF5N2O2. The van der Waals surface area contributed by atoms with E-state index in [1.165, 1.54) is 28.0 Å². The molecule has 2 aromatic carbocycles. The molecule has 0 radical (unpaired) electrons. The highest BCUT2D eigenvalue weighted by Gasteiger charge is 2.33. The maximum atomic E-state index is 13.3. The van der Waals surface area contributed by atoms with E-state index in [0.717, 1.165) is 30.3 Å². The Hall–Kier alpha value is -2.94. The number of hydrogen-bond acceptors (Lipinski definition) is 2. The monoisotopic (exact) mass is 458 g/mol. The average molecular weight is 459 g/mol. The first-order valence-electron chi connectivity index (χ1n) is 9.14. The summed E-state index contributed by atoms with van der Waals surface area (Å²) in [5.74, 6) is -3.09. The van der Waals surface area contributed by atoms with Gasteiger partial charge in [-0.2, -0.15) is 13.2 Å². The van der Waals surface area contributed by atoms with Crippen LogP contribution in [0.5, 0.6) is 0 Å². The van der Waals surface area contributed by atoms with E-state index in [0.29, 0.717) is 0 Å². The van der Waals surface area contributed by atoms with Gasteiger partial charge in [-0.3, -0.25) is 9.59 Å². The minimum atomic E-state index is -4.61. The Balaban J connectivity index is 1.60. The summed E-state index contributed by atoms with van der Waals surface area (Å²) in [4.78, 5) is 27.6. The van der Waals surface area contributed by atoms with Gasteiger partial charge in [-0.05, 0) is 42.0 Å². The number of amides is 2. The molecule has 1 aliphatic heterocycles. The van der Waals surface area contributed by atoms with Crippen molar-refractivity contribution in [3.05, 3.63) is 75.8 Å². The van der Waals surface area contributed by atoms with Crippen molar-refractivity contribution in [2.24, 2.45) is 0 Å². The number of carbonyl (C=O) groups is 2. The molecule has 0 atom stereocenters. The maximum absolute atomic E-state index is 13.3. The molecule has 0 aliphatic carbocycles. The van der Waals surface area contributed by atoms with Crippen LogP contribution >= 0.6 is 11.6 Å². The quantitative estimate of drug-likeness (QED) is 0.497. The molecule has 164 valence electrons. The van der Waals surface area contributed by atoms with Crippen LogP contribution in [0, 0.1) is 11.6 Å². The van der Waals surface area contributed by atoms with E-state index in [1.54, 1.807) is 0 Å². The molecule has 1 fully saturated rings. The predicted molar refractivity (Wildman–Crippen MR) is 104 cm³/mol. The van der Waals surface area contributed by atoms with Gasteiger partial charge in [-0.15, -0.1) is 0 Å². The van der Waals surface area contributed by atoms with E-state index in [9.17, 15) is 31.5 Å². The van der Waals surface area contributed by atoms with E-state index in [1.807, 2.05) is 0 Å². The third kappa shape index (κ3) is 5.41. The van der Waals surface area contributed by atoms with Crippen molar-refractivity contribution >= 4 is 29.5 Å². The van der Waals surface area contributed by atoms with Gasteiger partial charge in [0, 0.05) is 37.8 Å². The van der Waals surface area contributed by atoms with E-state index in [-0.39, 0.29) is 37.3 Å². The van der Waals surface area contributed by atoms with Crippen LogP contribution in [0.1, 0.15) is 21.5 Å². The van der Waals surface area contributed by atoms with Crippen molar-refractivity contribution in [3.8, 4) is 0 Å². The van der Waals surface area contributed by atoms with Gasteiger partial charge >= 0.3 is 6.18 Å². The summed E-state index contributed by atoms with van der Waals surface area (Å²) in [5, 5.41) is -0.433. The maximum Gasteiger partial charge on any atom is 0.417 e. The summed E-state index contributed by atoms with van der Waals surface area (Å²) in [5.41, 5.74) is -0.827. The summed E-state index contributed by atoms with van der Waals surface area (Å²) in [7, 11) is 0. The van der Waals surface area contributed by atoms with Crippen LogP contribution in [-0.4, -0.2) is 47.8 Å². The number of hydrogen-bond donors (Lipinski definition) is 0. The topological polar surface area (TPSA) is 40.6 Å². The van der Waals surface area contributed by atoms with E-state index < -0.39 is 40.2 Å². The van der Waals surface area contributed by atoms with Crippen LogP contribution in [0.25, 0.3) is 6.08 Å². The Morgan fingerprint density at radius 2 is 1.55 bits per heavy atom. The predicted octanol–water partition coefficient (Wildman–Crippen LogP) is 4.63. The summed E-state index contributed by atoms with van der Waals surface area (Å²) in [6, 6.07) is 6.19. The highest BCUT2D eigenvalue weighted by Crippen LogP contribution is 2.35. The molecule has 0 bridgehead atoms. The molecular weight excluding hydrogens is 443 g/mol. The Morgan fingerprint density at radius 3 is 2.16 bits per heavy atom. The molecule has 0 aromatic heterocycles. The average Bonchev–Trinajstić information content (AvgIpc) is 2.73. The molecule has 0 spiro atoms. The smallest absolute Gasteiger partial charge is 0.336 e. The standard InChI is InChI=1S/C21H16ClF5N2O2/c22-16-4-1-13(11-15(16)21(25,26)27)2-6-19(30)28-7-9-29(10-8-28)20(31)14-3-5-17(23)18(24)12-14/h1-6,11-12H,7-10H2/b6-2+. The zero-order chi connectivity index (χ0) is 22.8. The number of halogens is 6. The van der Waals surface area contributed by atoms with Gasteiger partial charge in [-0.25, -0.2) is 8.78 Å². The number of piperazine rings is 1. The van der Waals surface area contributed by atoms with E-state index in [4.69, 9.17) is 11.6 Å². The van der Waals surface area contributed by atoms with Gasteiger partial charge in [-0.1, -0.05) is 17.7 Å². The summed E-state index contributed by atoms with van der Waals surface area (Å²) in [6.45, 7) is 0.729. The SMILES string of the molecule is O=C(/C=C/c1ccc(Cl)c(C(F)(F)F)c1)N1CCN(C(=O)c2ccc(F)c(F)c2)CC1. The van der Waals surface area contributed by atoms with Crippen molar-refractivity contribution in [3.63, 3.8) is 0 Å². The Labute approximate surface area is 179 Å². The first kappa shape index (κ1) is 22.7. The third-order valence-electron chi connectivity index (χ3n) is 4.76. The number of rotatable bonds is 3. The number of carbonyl (C=O) groups excluding carboxylic acids is 2. The number of nitrogens with zero attached hydrogens (tertiary/aromatic N) is 2. The Kier molecular flexibility index (Phi) is 6.64. The van der Waals surface area contributed by atoms with Crippen molar-refractivity contribution in [1.29, 1.82) is 0 Å². The molecule has 0 unspecified atom stereocenters. The zero-order valence-electron chi connectivity index (χ0n) is 15.9. The van der Waals surface area contributed by atoms with Crippen LogP contribution in [0.4, 0.5) is 22.0 Å². The van der Waals surface area contributed by atoms with Crippen LogP contribution in [-0.2, 0) is 11.0 Å². The summed E-state index contributed by atoms with van der Waals surface area (Å²) < 4.78 is 65.2. The first-order valence-corrected chi connectivity index (χ1v) is 9.52. The van der Waals surface area contributed by atoms with Crippen molar-refractivity contribution in [1.82, 2.24) is 9.80 Å². The summed E-state index contributed by atoms with van der Waals surface area (Å²) in [6.07, 6.45) is -2.20. The molecule has 1 saturated heterocycles. The fourth-order valence-electron chi connectivity index (χ4n) is 3.08. The van der Waals surface area contributed by atoms with E-state index in [2.05, 4.69) is 0 Å². The minimum absolute atomic E-state index is 0.00165. The molecule has 0 saturated carbocycles. The number of alkyl halides is 3. The number of benzene rings is 2. The first-order chi connectivity index (χ1) is 14.6. The van der Waals surface area contributed by atoms with Gasteiger partial charge < -0.3 is 9.80 Å². The van der Waals surface area contributed by atoms with Crippen molar-refractivity contribution in [2.75, 3.05) is 26.2 Å². The van der Waals surface area contributed by atoms with Crippen LogP contribution in [0.15, 0.2) is 42.5 Å². The molecule has 3 rings (SSSR count). The lowest BCUT2D eigenvalue weighted by Gasteiger charge is -2.34. The highest BCUT2D eigenvalue weighted by atomic mass is 35.5. The fraction of sp³-hybridized carbons (Fsp3) is 0.238. The van der Waals surface area contributed by atoms with Gasteiger partial charge in [0.15, 0.2) is 11.6 Å². The molecule has 0 N–H and O–H groups in total. The molecule has 2 aromatic rings. The normalized spacial score (nSPS) is 14.9. The second kappa shape index (κ2) is 9.05. The minimum Gasteiger partial charge on any atom is -0.336 e. The van der Waals surface area contributed by atoms with E-state index >= 15 is 0 Å². The zero-order valence-corrected chi connectivity index (χ0v) is 16.7. The Morgan fingerprint density at radius 1 is 0.903 bits per heavy atom. The second-order valence-corrected chi connectivity index (χ2v) is 7.22. The molecule has 31 heavy (non-hydrogen) atoms. The third-order valence-corrected chi connectivity index (χ3v) is 5.09. The van der Waals surface area contributed by atoms with Gasteiger partial charge in [0.1, 0.15) is 0 Å². The van der Waals surface area contributed by atoms with Gasteiger partial charge in [0.25, 0.3) is 5.91 Å². The van der Waals surface area contributed by atoms with Crippen LogP contribution in [0.3, 0.4) is 0 Å². The van der Waals surface area contributed by atoms with Crippen molar-refractivity contribution < 1.29 is 31.5 Å². The molecule has 10 heteroatoms. The molecule has 1 heterocycles. The molecule has 1 aliphatic rings. The molecule has 2 amide bonds. The highest BCUT2D eigenvalue weighted by molar-refractivity contribution is 6.31. The van der Waals surface area contributed by atoms with Gasteiger partial charge in [0.2, 0.25) is 5.91 Å². The largest absolute Gasteiger partial charge is 0.417 e. The second-order valence-electron chi connectivity index (χ2n) is 6.82. The fourth-order valence-corrected chi connectivity index (χ4v) is 3.30. The Bertz CT molecular complexity index is 1030. The molecule has 4 nitrogen and oxygen atoms in total. The van der Waals surface area contributed by atoms with Crippen LogP contribution < -0.4 is 0 Å². The lowest BCUT2D eigenvalue weighted by Crippen LogP contribution is -2.50. The van der Waals surface area contributed by atoms with Crippen LogP contribution in [0.2, 0.25) is 5.02 Å². The lowest BCUT2D eigenvalue weighted by atomic mass is 10.1. The summed E-state index contributed by atoms with van der Waals surface area (Å²) >= 11 is 5.57. The van der Waals surface area contributed by atoms with Crippen molar-refractivity contribution in [2.45, 2.75) is 6.18 Å². The van der Waals surface area contributed by atoms with Gasteiger partial charge in [0.05, 0.1) is 10.6 Å².